The van der Waals surface area contributed by atoms with Crippen LogP contribution in [0.15, 0.2) is 53.4 Å². The monoisotopic (exact) mass is 342 g/mol. The van der Waals surface area contributed by atoms with Crippen LogP contribution < -0.4 is 10.6 Å². The highest BCUT2D eigenvalue weighted by atomic mass is 32.2. The van der Waals surface area contributed by atoms with Crippen molar-refractivity contribution < 1.29 is 9.59 Å². The molecule has 1 atom stereocenters. The van der Waals surface area contributed by atoms with Gasteiger partial charge in [-0.1, -0.05) is 31.2 Å². The fraction of sp³-hybridized carbons (Fsp3) is 0.263. The van der Waals surface area contributed by atoms with E-state index in [9.17, 15) is 9.59 Å². The summed E-state index contributed by atoms with van der Waals surface area (Å²) in [5, 5.41) is 5.54. The standard InChI is InChI=1S/C19H22N2O2S/c1-4-18(22)20-15-11-10-13(2)17(12-15)21-19(23)14(3)24-16-8-6-5-7-9-16/h5-12,14H,4H2,1-3H3,(H,20,22)(H,21,23). The molecular weight excluding hydrogens is 320 g/mol. The van der Waals surface area contributed by atoms with Crippen molar-refractivity contribution in [3.05, 3.63) is 54.1 Å². The molecule has 5 heteroatoms. The van der Waals surface area contributed by atoms with Crippen molar-refractivity contribution >= 4 is 35.0 Å². The highest BCUT2D eigenvalue weighted by molar-refractivity contribution is 8.00. The van der Waals surface area contributed by atoms with Gasteiger partial charge in [-0.2, -0.15) is 0 Å². The second-order valence-corrected chi connectivity index (χ2v) is 6.91. The van der Waals surface area contributed by atoms with Crippen LogP contribution in [0.1, 0.15) is 25.8 Å². The quantitative estimate of drug-likeness (QED) is 0.762. The molecule has 24 heavy (non-hydrogen) atoms. The van der Waals surface area contributed by atoms with E-state index < -0.39 is 0 Å². The van der Waals surface area contributed by atoms with Crippen LogP contribution in [-0.4, -0.2) is 17.1 Å². The fourth-order valence-electron chi connectivity index (χ4n) is 2.07. The summed E-state index contributed by atoms with van der Waals surface area (Å²) < 4.78 is 0. The molecular formula is C19H22N2O2S. The molecule has 2 aromatic carbocycles. The molecule has 0 aliphatic rings. The van der Waals surface area contributed by atoms with Crippen molar-refractivity contribution in [3.63, 3.8) is 0 Å². The summed E-state index contributed by atoms with van der Waals surface area (Å²) in [5.74, 6) is -0.116. The number of anilines is 2. The Morgan fingerprint density at radius 3 is 2.46 bits per heavy atom. The number of hydrogen-bond donors (Lipinski definition) is 2. The number of carbonyl (C=O) groups is 2. The Morgan fingerprint density at radius 2 is 1.79 bits per heavy atom. The molecule has 1 unspecified atom stereocenters. The zero-order chi connectivity index (χ0) is 17.5. The number of thioether (sulfide) groups is 1. The van der Waals surface area contributed by atoms with Gasteiger partial charge in [0.1, 0.15) is 0 Å². The fourth-order valence-corrected chi connectivity index (χ4v) is 2.96. The van der Waals surface area contributed by atoms with Gasteiger partial charge in [-0.3, -0.25) is 9.59 Å². The molecule has 0 aromatic heterocycles. The maximum atomic E-state index is 12.4. The largest absolute Gasteiger partial charge is 0.326 e. The minimum atomic E-state index is -0.222. The Morgan fingerprint density at radius 1 is 1.08 bits per heavy atom. The van der Waals surface area contributed by atoms with Crippen molar-refractivity contribution in [1.29, 1.82) is 0 Å². The maximum absolute atomic E-state index is 12.4. The van der Waals surface area contributed by atoms with Crippen LogP contribution in [0.2, 0.25) is 0 Å². The van der Waals surface area contributed by atoms with E-state index >= 15 is 0 Å². The summed E-state index contributed by atoms with van der Waals surface area (Å²) >= 11 is 1.51. The van der Waals surface area contributed by atoms with Crippen LogP contribution in [0.4, 0.5) is 11.4 Å². The Hall–Kier alpha value is -2.27. The number of amides is 2. The van der Waals surface area contributed by atoms with E-state index in [1.54, 1.807) is 13.0 Å². The summed E-state index contributed by atoms with van der Waals surface area (Å²) in [6, 6.07) is 15.3. The highest BCUT2D eigenvalue weighted by Crippen LogP contribution is 2.25. The van der Waals surface area contributed by atoms with Crippen molar-refractivity contribution in [1.82, 2.24) is 0 Å². The summed E-state index contributed by atoms with van der Waals surface area (Å²) in [7, 11) is 0. The molecule has 0 spiro atoms. The Balaban J connectivity index is 2.04. The van der Waals surface area contributed by atoms with Gasteiger partial charge in [0, 0.05) is 22.7 Å². The van der Waals surface area contributed by atoms with Crippen LogP contribution in [0.25, 0.3) is 0 Å². The van der Waals surface area contributed by atoms with Crippen LogP contribution in [0.3, 0.4) is 0 Å². The zero-order valence-corrected chi connectivity index (χ0v) is 14.9. The summed E-state index contributed by atoms with van der Waals surface area (Å²) in [6.45, 7) is 5.61. The smallest absolute Gasteiger partial charge is 0.237 e. The number of aryl methyl sites for hydroxylation is 1. The maximum Gasteiger partial charge on any atom is 0.237 e. The van der Waals surface area contributed by atoms with E-state index in [0.717, 1.165) is 16.1 Å². The number of rotatable bonds is 6. The molecule has 0 aliphatic carbocycles. The third kappa shape index (κ3) is 5.13. The SMILES string of the molecule is CCC(=O)Nc1ccc(C)c(NC(=O)C(C)Sc2ccccc2)c1. The van der Waals surface area contributed by atoms with Gasteiger partial charge >= 0.3 is 0 Å². The average Bonchev–Trinajstić information content (AvgIpc) is 2.58. The van der Waals surface area contributed by atoms with E-state index in [-0.39, 0.29) is 17.1 Å². The van der Waals surface area contributed by atoms with Crippen molar-refractivity contribution in [2.75, 3.05) is 10.6 Å². The molecule has 0 fully saturated rings. The highest BCUT2D eigenvalue weighted by Gasteiger charge is 2.15. The van der Waals surface area contributed by atoms with Gasteiger partial charge in [0.25, 0.3) is 0 Å². The first kappa shape index (κ1) is 18.1. The molecule has 2 N–H and O–H groups in total. The van der Waals surface area contributed by atoms with E-state index in [1.807, 2.05) is 56.3 Å². The number of carbonyl (C=O) groups excluding carboxylic acids is 2. The molecule has 2 rings (SSSR count). The third-order valence-electron chi connectivity index (χ3n) is 3.53. The van der Waals surface area contributed by atoms with Crippen molar-refractivity contribution in [2.45, 2.75) is 37.3 Å². The van der Waals surface area contributed by atoms with Gasteiger partial charge in [0.2, 0.25) is 11.8 Å². The van der Waals surface area contributed by atoms with E-state index in [2.05, 4.69) is 10.6 Å². The second-order valence-electron chi connectivity index (χ2n) is 5.49. The van der Waals surface area contributed by atoms with Gasteiger partial charge in [0.05, 0.1) is 5.25 Å². The lowest BCUT2D eigenvalue weighted by Crippen LogP contribution is -2.23. The van der Waals surface area contributed by atoms with Crippen LogP contribution in [-0.2, 0) is 9.59 Å². The molecule has 0 radical (unpaired) electrons. The normalized spacial score (nSPS) is 11.6. The lowest BCUT2D eigenvalue weighted by molar-refractivity contribution is -0.116. The number of benzene rings is 2. The van der Waals surface area contributed by atoms with Gasteiger partial charge in [0.15, 0.2) is 0 Å². The zero-order valence-electron chi connectivity index (χ0n) is 14.1. The molecule has 0 heterocycles. The molecule has 4 nitrogen and oxygen atoms in total. The first-order chi connectivity index (χ1) is 11.5. The number of nitrogens with one attached hydrogen (secondary N) is 2. The van der Waals surface area contributed by atoms with Gasteiger partial charge in [-0.25, -0.2) is 0 Å². The van der Waals surface area contributed by atoms with Crippen molar-refractivity contribution in [3.8, 4) is 0 Å². The minimum absolute atomic E-state index is 0.0517. The number of hydrogen-bond acceptors (Lipinski definition) is 3. The average molecular weight is 342 g/mol. The first-order valence-corrected chi connectivity index (χ1v) is 8.80. The molecule has 0 saturated carbocycles. The molecule has 2 amide bonds. The van der Waals surface area contributed by atoms with E-state index in [0.29, 0.717) is 12.1 Å². The molecule has 0 saturated heterocycles. The Labute approximate surface area is 147 Å². The van der Waals surface area contributed by atoms with Crippen LogP contribution in [0, 0.1) is 6.92 Å². The summed E-state index contributed by atoms with van der Waals surface area (Å²) in [5.41, 5.74) is 2.36. The first-order valence-electron chi connectivity index (χ1n) is 7.92. The summed E-state index contributed by atoms with van der Waals surface area (Å²) in [6.07, 6.45) is 0.417. The Bertz CT molecular complexity index is 717. The molecule has 126 valence electrons. The minimum Gasteiger partial charge on any atom is -0.326 e. The lowest BCUT2D eigenvalue weighted by atomic mass is 10.1. The molecule has 0 bridgehead atoms. The van der Waals surface area contributed by atoms with Gasteiger partial charge in [-0.15, -0.1) is 11.8 Å². The second kappa shape index (κ2) is 8.55. The Kier molecular flexibility index (Phi) is 6.44. The van der Waals surface area contributed by atoms with Gasteiger partial charge < -0.3 is 10.6 Å². The van der Waals surface area contributed by atoms with E-state index in [1.165, 1.54) is 11.8 Å². The predicted molar refractivity (Wildman–Crippen MR) is 100 cm³/mol. The summed E-state index contributed by atoms with van der Waals surface area (Å²) in [4.78, 5) is 25.0. The van der Waals surface area contributed by atoms with Crippen molar-refractivity contribution in [2.24, 2.45) is 0 Å². The van der Waals surface area contributed by atoms with Crippen LogP contribution in [0.5, 0.6) is 0 Å². The van der Waals surface area contributed by atoms with Crippen LogP contribution >= 0.6 is 11.8 Å². The lowest BCUT2D eigenvalue weighted by Gasteiger charge is -2.15. The molecule has 0 aliphatic heterocycles. The third-order valence-corrected chi connectivity index (χ3v) is 4.64. The topological polar surface area (TPSA) is 58.2 Å². The molecule has 2 aromatic rings. The van der Waals surface area contributed by atoms with Gasteiger partial charge in [-0.05, 0) is 43.7 Å². The van der Waals surface area contributed by atoms with E-state index in [4.69, 9.17) is 0 Å². The predicted octanol–water partition coefficient (Wildman–Crippen LogP) is 4.46.